The van der Waals surface area contributed by atoms with Gasteiger partial charge in [-0.2, -0.15) is 0 Å². The van der Waals surface area contributed by atoms with E-state index in [4.69, 9.17) is 0 Å². The first-order chi connectivity index (χ1) is 5.41. The monoisotopic (exact) mass is 290 g/mol. The van der Waals surface area contributed by atoms with Crippen molar-refractivity contribution in [3.05, 3.63) is 32.7 Å². The van der Waals surface area contributed by atoms with Crippen LogP contribution in [-0.4, -0.2) is 0 Å². The van der Waals surface area contributed by atoms with Gasteiger partial charge in [-0.3, -0.25) is 0 Å². The largest absolute Gasteiger partial charge is 0.0573 e. The molecular weight excluding hydrogens is 280 g/mol. The van der Waals surface area contributed by atoms with Crippen LogP contribution in [0.2, 0.25) is 0 Å². The maximum atomic E-state index is 3.49. The Kier molecular flexibility index (Phi) is 3.00. The van der Waals surface area contributed by atoms with Gasteiger partial charge in [-0.1, -0.05) is 26.8 Å². The van der Waals surface area contributed by atoms with E-state index < -0.39 is 0 Å². The molecule has 0 amide bonds. The maximum Gasteiger partial charge on any atom is 0.0320 e. The second-order valence-electron chi connectivity index (χ2n) is 3.88. The molecule has 0 aliphatic heterocycles. The highest BCUT2D eigenvalue weighted by Gasteiger charge is 2.13. The summed E-state index contributed by atoms with van der Waals surface area (Å²) < 4.78 is 2.23. The average molecular weight is 292 g/mol. The molecule has 1 aromatic carbocycles. The fourth-order valence-electron chi connectivity index (χ4n) is 0.963. The van der Waals surface area contributed by atoms with Gasteiger partial charge < -0.3 is 0 Å². The number of rotatable bonds is 0. The summed E-state index contributed by atoms with van der Waals surface area (Å²) >= 11 is 6.94. The highest BCUT2D eigenvalue weighted by atomic mass is 79.9. The predicted molar refractivity (Wildman–Crippen MR) is 60.5 cm³/mol. The van der Waals surface area contributed by atoms with Crippen molar-refractivity contribution in [1.29, 1.82) is 0 Å². The molecule has 2 heteroatoms. The van der Waals surface area contributed by atoms with Crippen molar-refractivity contribution in [2.24, 2.45) is 0 Å². The predicted octanol–water partition coefficient (Wildman–Crippen LogP) is 4.51. The fourth-order valence-corrected chi connectivity index (χ4v) is 1.59. The minimum Gasteiger partial charge on any atom is -0.0573 e. The third-order valence-electron chi connectivity index (χ3n) is 1.79. The van der Waals surface area contributed by atoms with Crippen LogP contribution in [-0.2, 0) is 5.41 Å². The second-order valence-corrected chi connectivity index (χ2v) is 5.59. The molecule has 12 heavy (non-hydrogen) atoms. The Hall–Kier alpha value is 0.180. The molecule has 0 atom stereocenters. The van der Waals surface area contributed by atoms with Crippen LogP contribution in [0.5, 0.6) is 0 Å². The first-order valence-electron chi connectivity index (χ1n) is 3.87. The smallest absolute Gasteiger partial charge is 0.0320 e. The summed E-state index contributed by atoms with van der Waals surface area (Å²) in [4.78, 5) is 0. The Morgan fingerprint density at radius 1 is 1.00 bits per heavy atom. The lowest BCUT2D eigenvalue weighted by atomic mass is 9.87. The van der Waals surface area contributed by atoms with Crippen LogP contribution in [0.15, 0.2) is 27.1 Å². The van der Waals surface area contributed by atoms with Crippen LogP contribution in [0.4, 0.5) is 0 Å². The second kappa shape index (κ2) is 3.51. The summed E-state index contributed by atoms with van der Waals surface area (Å²) in [5, 5.41) is 0. The van der Waals surface area contributed by atoms with Gasteiger partial charge in [0.15, 0.2) is 0 Å². The Labute approximate surface area is 90.6 Å². The van der Waals surface area contributed by atoms with Gasteiger partial charge in [0.2, 0.25) is 0 Å². The van der Waals surface area contributed by atoms with Gasteiger partial charge in [-0.05, 0) is 55.0 Å². The van der Waals surface area contributed by atoms with E-state index in [1.165, 1.54) is 5.56 Å². The van der Waals surface area contributed by atoms with Gasteiger partial charge in [-0.25, -0.2) is 0 Å². The van der Waals surface area contributed by atoms with Crippen LogP contribution < -0.4 is 0 Å². The van der Waals surface area contributed by atoms with Gasteiger partial charge >= 0.3 is 0 Å². The van der Waals surface area contributed by atoms with E-state index in [9.17, 15) is 0 Å². The summed E-state index contributed by atoms with van der Waals surface area (Å²) in [5.41, 5.74) is 1.57. The van der Waals surface area contributed by atoms with Crippen molar-refractivity contribution in [2.75, 3.05) is 0 Å². The van der Waals surface area contributed by atoms with Gasteiger partial charge in [0, 0.05) is 8.95 Å². The summed E-state index contributed by atoms with van der Waals surface area (Å²) in [6, 6.07) is 6.38. The molecule has 0 spiro atoms. The van der Waals surface area contributed by atoms with E-state index in [2.05, 4.69) is 70.8 Å². The van der Waals surface area contributed by atoms with Crippen LogP contribution in [0.25, 0.3) is 0 Å². The van der Waals surface area contributed by atoms with Crippen LogP contribution >= 0.6 is 31.9 Å². The van der Waals surface area contributed by atoms with E-state index in [0.29, 0.717) is 0 Å². The quantitative estimate of drug-likeness (QED) is 0.660. The molecule has 0 aliphatic carbocycles. The first kappa shape index (κ1) is 10.3. The molecule has 0 heterocycles. The fraction of sp³-hybridized carbons (Fsp3) is 0.400. The Balaban J connectivity index is 3.14. The number of hydrogen-bond acceptors (Lipinski definition) is 0. The highest BCUT2D eigenvalue weighted by molar-refractivity contribution is 9.13. The van der Waals surface area contributed by atoms with Crippen LogP contribution in [0.1, 0.15) is 26.3 Å². The van der Waals surface area contributed by atoms with E-state index in [1.54, 1.807) is 0 Å². The van der Waals surface area contributed by atoms with Crippen molar-refractivity contribution in [1.82, 2.24) is 0 Å². The van der Waals surface area contributed by atoms with Gasteiger partial charge in [-0.15, -0.1) is 0 Å². The van der Waals surface area contributed by atoms with E-state index in [0.717, 1.165) is 8.95 Å². The Morgan fingerprint density at radius 2 is 1.58 bits per heavy atom. The molecule has 1 aromatic rings. The Bertz CT molecular complexity index is 284. The summed E-state index contributed by atoms with van der Waals surface area (Å²) in [6.45, 7) is 6.63. The minimum absolute atomic E-state index is 0.225. The molecule has 0 fully saturated rings. The van der Waals surface area contributed by atoms with Gasteiger partial charge in [0.1, 0.15) is 0 Å². The zero-order valence-electron chi connectivity index (χ0n) is 7.49. The molecule has 0 saturated heterocycles. The average Bonchev–Trinajstić information content (AvgIpc) is 1.92. The number of hydrogen-bond donors (Lipinski definition) is 0. The normalized spacial score (nSPS) is 11.8. The van der Waals surface area contributed by atoms with Crippen molar-refractivity contribution in [2.45, 2.75) is 26.2 Å². The molecule has 0 nitrogen and oxygen atoms in total. The summed E-state index contributed by atoms with van der Waals surface area (Å²) in [6.07, 6.45) is 0. The maximum absolute atomic E-state index is 3.49. The molecule has 0 N–H and O–H groups in total. The highest BCUT2D eigenvalue weighted by Crippen LogP contribution is 2.29. The molecule has 0 aliphatic rings. The van der Waals surface area contributed by atoms with Crippen molar-refractivity contribution >= 4 is 31.9 Å². The third-order valence-corrected chi connectivity index (χ3v) is 3.67. The zero-order valence-corrected chi connectivity index (χ0v) is 10.7. The minimum atomic E-state index is 0.225. The van der Waals surface area contributed by atoms with Gasteiger partial charge in [0.25, 0.3) is 0 Å². The van der Waals surface area contributed by atoms with E-state index >= 15 is 0 Å². The number of benzene rings is 1. The lowest BCUT2D eigenvalue weighted by Gasteiger charge is -2.19. The van der Waals surface area contributed by atoms with E-state index in [-0.39, 0.29) is 5.41 Å². The first-order valence-corrected chi connectivity index (χ1v) is 5.45. The molecular formula is C10H12Br2. The van der Waals surface area contributed by atoms with E-state index in [1.807, 2.05) is 0 Å². The molecule has 0 unspecified atom stereocenters. The standard InChI is InChI=1S/C10H12Br2/c1-10(2,3)7-4-5-8(11)9(12)6-7/h4-6H,1-3H3. The molecule has 0 bridgehead atoms. The molecule has 0 aromatic heterocycles. The lowest BCUT2D eigenvalue weighted by molar-refractivity contribution is 0.590. The molecule has 66 valence electrons. The van der Waals surface area contributed by atoms with Crippen molar-refractivity contribution in [3.63, 3.8) is 0 Å². The summed E-state index contributed by atoms with van der Waals surface area (Å²) in [5.74, 6) is 0. The number of halogens is 2. The third kappa shape index (κ3) is 2.33. The topological polar surface area (TPSA) is 0 Å². The summed E-state index contributed by atoms with van der Waals surface area (Å²) in [7, 11) is 0. The lowest BCUT2D eigenvalue weighted by Crippen LogP contribution is -2.10. The van der Waals surface area contributed by atoms with Crippen LogP contribution in [0.3, 0.4) is 0 Å². The molecule has 0 radical (unpaired) electrons. The van der Waals surface area contributed by atoms with Gasteiger partial charge in [0.05, 0.1) is 0 Å². The SMILES string of the molecule is CC(C)(C)c1ccc(Br)c(Br)c1. The van der Waals surface area contributed by atoms with Crippen molar-refractivity contribution < 1.29 is 0 Å². The van der Waals surface area contributed by atoms with Crippen LogP contribution in [0, 0.1) is 0 Å². The Morgan fingerprint density at radius 3 is 2.00 bits per heavy atom. The zero-order chi connectivity index (χ0) is 9.35. The van der Waals surface area contributed by atoms with Crippen molar-refractivity contribution in [3.8, 4) is 0 Å². The molecule has 1 rings (SSSR count). The molecule has 0 saturated carbocycles.